The van der Waals surface area contributed by atoms with Gasteiger partial charge in [0.15, 0.2) is 0 Å². The molecule has 0 aromatic heterocycles. The largest absolute Gasteiger partial charge is 0.346 e. The number of halogens is 1. The summed E-state index contributed by atoms with van der Waals surface area (Å²) >= 11 is 5.88. The number of hydrogen-bond acceptors (Lipinski definition) is 2. The Balaban J connectivity index is 1.57. The predicted octanol–water partition coefficient (Wildman–Crippen LogP) is 4.36. The van der Waals surface area contributed by atoms with Gasteiger partial charge in [0.05, 0.1) is 6.04 Å². The summed E-state index contributed by atoms with van der Waals surface area (Å²) in [7, 11) is 0. The molecule has 26 heavy (non-hydrogen) atoms. The summed E-state index contributed by atoms with van der Waals surface area (Å²) in [5.41, 5.74) is 2.82. The first-order valence-corrected chi connectivity index (χ1v) is 9.05. The van der Waals surface area contributed by atoms with Gasteiger partial charge in [-0.1, -0.05) is 35.9 Å². The lowest BCUT2D eigenvalue weighted by Gasteiger charge is -2.15. The van der Waals surface area contributed by atoms with Crippen molar-refractivity contribution in [3.63, 3.8) is 0 Å². The number of carbonyl (C=O) groups is 2. The van der Waals surface area contributed by atoms with Crippen LogP contribution in [0.2, 0.25) is 5.02 Å². The highest BCUT2D eigenvalue weighted by Gasteiger charge is 2.21. The Morgan fingerprint density at radius 2 is 1.85 bits per heavy atom. The van der Waals surface area contributed by atoms with E-state index >= 15 is 0 Å². The highest BCUT2D eigenvalue weighted by molar-refractivity contribution is 6.30. The molecule has 0 radical (unpaired) electrons. The molecule has 1 N–H and O–H groups in total. The van der Waals surface area contributed by atoms with Crippen LogP contribution in [-0.4, -0.2) is 18.4 Å². The van der Waals surface area contributed by atoms with Gasteiger partial charge in [-0.05, 0) is 54.8 Å². The van der Waals surface area contributed by atoms with Gasteiger partial charge in [0.1, 0.15) is 0 Å². The van der Waals surface area contributed by atoms with Gasteiger partial charge >= 0.3 is 0 Å². The first-order chi connectivity index (χ1) is 12.5. The maximum Gasteiger partial charge on any atom is 0.244 e. The number of anilines is 1. The molecule has 0 bridgehead atoms. The topological polar surface area (TPSA) is 49.4 Å². The van der Waals surface area contributed by atoms with E-state index in [1.54, 1.807) is 11.0 Å². The predicted molar refractivity (Wildman–Crippen MR) is 105 cm³/mol. The highest BCUT2D eigenvalue weighted by atomic mass is 35.5. The van der Waals surface area contributed by atoms with Crippen LogP contribution in [-0.2, 0) is 9.59 Å². The van der Waals surface area contributed by atoms with Crippen LogP contribution in [0.25, 0.3) is 6.08 Å². The molecule has 5 heteroatoms. The van der Waals surface area contributed by atoms with Crippen molar-refractivity contribution in [3.8, 4) is 0 Å². The molecule has 2 amide bonds. The van der Waals surface area contributed by atoms with Crippen LogP contribution < -0.4 is 10.2 Å². The summed E-state index contributed by atoms with van der Waals surface area (Å²) in [6, 6.07) is 15.0. The molecule has 1 atom stereocenters. The van der Waals surface area contributed by atoms with E-state index in [1.807, 2.05) is 55.5 Å². The van der Waals surface area contributed by atoms with Crippen molar-refractivity contribution in [3.05, 3.63) is 70.8 Å². The molecule has 4 nitrogen and oxygen atoms in total. The third kappa shape index (κ3) is 4.52. The number of benzene rings is 2. The van der Waals surface area contributed by atoms with E-state index < -0.39 is 0 Å². The van der Waals surface area contributed by atoms with Crippen LogP contribution in [0.4, 0.5) is 5.69 Å². The van der Waals surface area contributed by atoms with Crippen LogP contribution in [0, 0.1) is 0 Å². The fourth-order valence-corrected chi connectivity index (χ4v) is 3.08. The number of nitrogens with zero attached hydrogens (tertiary/aromatic N) is 1. The van der Waals surface area contributed by atoms with E-state index in [9.17, 15) is 9.59 Å². The lowest BCUT2D eigenvalue weighted by atomic mass is 10.1. The molecule has 1 heterocycles. The summed E-state index contributed by atoms with van der Waals surface area (Å²) in [6.07, 6.45) is 4.81. The number of hydrogen-bond donors (Lipinski definition) is 1. The second-order valence-corrected chi connectivity index (χ2v) is 6.79. The molecule has 0 aliphatic carbocycles. The first-order valence-electron chi connectivity index (χ1n) is 8.67. The third-order valence-corrected chi connectivity index (χ3v) is 4.69. The summed E-state index contributed by atoms with van der Waals surface area (Å²) in [4.78, 5) is 25.7. The minimum absolute atomic E-state index is 0.104. The molecule has 0 spiro atoms. The quantitative estimate of drug-likeness (QED) is 0.797. The number of rotatable bonds is 5. The molecular formula is C21H21ClN2O2. The van der Waals surface area contributed by atoms with Gasteiger partial charge in [0, 0.05) is 29.8 Å². The van der Waals surface area contributed by atoms with Gasteiger partial charge in [-0.15, -0.1) is 0 Å². The average Bonchev–Trinajstić information content (AvgIpc) is 3.07. The normalized spacial score (nSPS) is 15.5. The highest BCUT2D eigenvalue weighted by Crippen LogP contribution is 2.22. The molecule has 1 unspecified atom stereocenters. The van der Waals surface area contributed by atoms with Crippen LogP contribution in [0.3, 0.4) is 0 Å². The molecule has 2 aromatic carbocycles. The summed E-state index contributed by atoms with van der Waals surface area (Å²) in [5, 5.41) is 3.60. The van der Waals surface area contributed by atoms with E-state index in [0.717, 1.165) is 29.8 Å². The summed E-state index contributed by atoms with van der Waals surface area (Å²) in [5.74, 6) is 0.00936. The summed E-state index contributed by atoms with van der Waals surface area (Å²) in [6.45, 7) is 2.70. The van der Waals surface area contributed by atoms with Crippen LogP contribution in [0.5, 0.6) is 0 Å². The van der Waals surface area contributed by atoms with E-state index in [0.29, 0.717) is 11.4 Å². The van der Waals surface area contributed by atoms with Gasteiger partial charge in [0.25, 0.3) is 0 Å². The molecule has 1 fully saturated rings. The van der Waals surface area contributed by atoms with Crippen molar-refractivity contribution < 1.29 is 9.59 Å². The Morgan fingerprint density at radius 3 is 2.46 bits per heavy atom. The average molecular weight is 369 g/mol. The molecule has 1 aliphatic heterocycles. The van der Waals surface area contributed by atoms with Crippen molar-refractivity contribution in [1.82, 2.24) is 5.32 Å². The lowest BCUT2D eigenvalue weighted by Crippen LogP contribution is -2.24. The lowest BCUT2D eigenvalue weighted by molar-refractivity contribution is -0.117. The Kier molecular flexibility index (Phi) is 5.74. The zero-order valence-electron chi connectivity index (χ0n) is 14.6. The standard InChI is InChI=1S/C21H21ClN2O2/c1-15(17-7-9-18(22)10-8-17)23-20(25)13-6-16-4-11-19(12-5-16)24-14-2-3-21(24)26/h4-13,15H,2-3,14H2,1H3,(H,23,25)/b13-6+. The fourth-order valence-electron chi connectivity index (χ4n) is 2.95. The van der Waals surface area contributed by atoms with Gasteiger partial charge in [-0.3, -0.25) is 9.59 Å². The zero-order valence-corrected chi connectivity index (χ0v) is 15.4. The van der Waals surface area contributed by atoms with E-state index in [4.69, 9.17) is 11.6 Å². The van der Waals surface area contributed by atoms with Crippen molar-refractivity contribution in [2.24, 2.45) is 0 Å². The molecule has 1 saturated heterocycles. The SMILES string of the molecule is CC(NC(=O)/C=C/c1ccc(N2CCCC2=O)cc1)c1ccc(Cl)cc1. The van der Waals surface area contributed by atoms with E-state index in [1.165, 1.54) is 6.08 Å². The monoisotopic (exact) mass is 368 g/mol. The van der Waals surface area contributed by atoms with Crippen molar-refractivity contribution in [2.45, 2.75) is 25.8 Å². The number of nitrogens with one attached hydrogen (secondary N) is 1. The van der Waals surface area contributed by atoms with E-state index in [-0.39, 0.29) is 17.9 Å². The number of carbonyl (C=O) groups excluding carboxylic acids is 2. The molecule has 1 aliphatic rings. The van der Waals surface area contributed by atoms with Crippen LogP contribution >= 0.6 is 11.6 Å². The van der Waals surface area contributed by atoms with Gasteiger partial charge in [0.2, 0.25) is 11.8 Å². The Hall–Kier alpha value is -2.59. The fraction of sp³-hybridized carbons (Fsp3) is 0.238. The molecular weight excluding hydrogens is 348 g/mol. The van der Waals surface area contributed by atoms with E-state index in [2.05, 4.69) is 5.32 Å². The Labute approximate surface area is 158 Å². The van der Waals surface area contributed by atoms with Crippen LogP contribution in [0.1, 0.15) is 36.9 Å². The van der Waals surface area contributed by atoms with Crippen LogP contribution in [0.15, 0.2) is 54.6 Å². The first kappa shape index (κ1) is 18.2. The minimum atomic E-state index is -0.161. The van der Waals surface area contributed by atoms with Crippen molar-refractivity contribution in [2.75, 3.05) is 11.4 Å². The van der Waals surface area contributed by atoms with Gasteiger partial charge in [-0.2, -0.15) is 0 Å². The summed E-state index contributed by atoms with van der Waals surface area (Å²) < 4.78 is 0. The molecule has 3 rings (SSSR count). The Bertz CT molecular complexity index is 813. The maximum absolute atomic E-state index is 12.1. The maximum atomic E-state index is 12.1. The second kappa shape index (κ2) is 8.19. The molecule has 134 valence electrons. The number of amides is 2. The smallest absolute Gasteiger partial charge is 0.244 e. The molecule has 2 aromatic rings. The van der Waals surface area contributed by atoms with Gasteiger partial charge in [-0.25, -0.2) is 0 Å². The second-order valence-electron chi connectivity index (χ2n) is 6.36. The molecule has 0 saturated carbocycles. The third-order valence-electron chi connectivity index (χ3n) is 4.43. The van der Waals surface area contributed by atoms with Crippen molar-refractivity contribution in [1.29, 1.82) is 0 Å². The Morgan fingerprint density at radius 1 is 1.15 bits per heavy atom. The van der Waals surface area contributed by atoms with Crippen molar-refractivity contribution >= 4 is 35.2 Å². The van der Waals surface area contributed by atoms with Gasteiger partial charge < -0.3 is 10.2 Å². The minimum Gasteiger partial charge on any atom is -0.346 e. The zero-order chi connectivity index (χ0) is 18.5.